The van der Waals surface area contributed by atoms with Crippen molar-refractivity contribution < 1.29 is 78.7 Å². The number of carboxylic acid groups (broad SMARTS) is 1. The molecule has 1 aromatic rings. The maximum atomic E-state index is 13.3. The Morgan fingerprint density at radius 2 is 1.39 bits per heavy atom. The predicted octanol–water partition coefficient (Wildman–Crippen LogP) is 5.83. The lowest BCUT2D eigenvalue weighted by Gasteiger charge is -2.44. The number of aliphatic hydroxyl groups is 6. The summed E-state index contributed by atoms with van der Waals surface area (Å²) < 4.78 is 24.2. The summed E-state index contributed by atoms with van der Waals surface area (Å²) in [6.07, 6.45) is 14.2. The van der Waals surface area contributed by atoms with Crippen molar-refractivity contribution in [1.29, 1.82) is 0 Å². The minimum absolute atomic E-state index is 0.000483. The average Bonchev–Trinajstić information content (AvgIpc) is 3.34. The Hall–Kier alpha value is -5.25. The molecule has 11 N–H and O–H groups in total. The van der Waals surface area contributed by atoms with Crippen LogP contribution in [0.4, 0.5) is 5.69 Å². The lowest BCUT2D eigenvalue weighted by atomic mass is 9.83. The van der Waals surface area contributed by atoms with E-state index in [1.165, 1.54) is 0 Å². The van der Waals surface area contributed by atoms with Crippen molar-refractivity contribution in [3.63, 3.8) is 0 Å². The van der Waals surface area contributed by atoms with Crippen LogP contribution in [0, 0.1) is 23.7 Å². The van der Waals surface area contributed by atoms with Crippen LogP contribution >= 0.6 is 0 Å². The van der Waals surface area contributed by atoms with Crippen molar-refractivity contribution in [2.45, 2.75) is 191 Å². The zero-order chi connectivity index (χ0) is 56.7. The molecule has 0 aliphatic carbocycles. The van der Waals surface area contributed by atoms with Crippen LogP contribution in [-0.2, 0) is 38.1 Å². The molecule has 77 heavy (non-hydrogen) atoms. The van der Waals surface area contributed by atoms with Gasteiger partial charge in [0.05, 0.1) is 48.8 Å². The van der Waals surface area contributed by atoms with Crippen LogP contribution in [0.2, 0.25) is 0 Å². The number of carbonyl (C=O) groups is 5. The highest BCUT2D eigenvalue weighted by molar-refractivity contribution is 5.97. The fraction of sp³-hybridized carbons (Fsp3) is 0.576. The van der Waals surface area contributed by atoms with E-state index in [1.807, 2.05) is 57.2 Å². The number of Topliss-reactive ketones (excluding diaryl/α,β-unsaturated/α-hetero) is 3. The van der Waals surface area contributed by atoms with Crippen molar-refractivity contribution in [2.24, 2.45) is 29.4 Å². The number of fused-ring (bicyclic) bond motifs is 2. The quantitative estimate of drug-likeness (QED) is 0.0576. The standard InChI is InChI=1S/C59H84N2O16/c1-37-19-15-13-11-9-7-5-6-8-10-12-14-16-23-47(75-54-34-48(61)56(70)40(4)74-54)33-52-55(58(71)72)51(68)36-59(73,77-52)28-18-22-43(62)20-17-21-44(63)30-45(64)31-46(65)32-53(69)76-57(37)39(3)29-38(2)49(66)35-50(67)41-24-26-42(60)27-25-41/h5-16,19,23-27,37-40,43,45,47-49,51-52,54-57,62,64,66,68,70,73H,17-18,20-22,28-36,60-61H2,1-4H3,(H,71,72)/b6-5+,9-7+,10-8+,13-11+,14-12+,19-15+,23-16+/t37?,38?,39?,40-,43?,45?,47?,48-,49?,51?,52?,54+,55?,56-,57?,59?/m1/s1. The van der Waals surface area contributed by atoms with Crippen LogP contribution in [0.25, 0.3) is 0 Å². The van der Waals surface area contributed by atoms with Crippen molar-refractivity contribution in [3.8, 4) is 0 Å². The summed E-state index contributed by atoms with van der Waals surface area (Å²) in [6.45, 7) is 7.20. The molecule has 0 amide bonds. The average molecular weight is 1080 g/mol. The Kier molecular flexibility index (Phi) is 27.2. The molecule has 2 bridgehead atoms. The van der Waals surface area contributed by atoms with Crippen molar-refractivity contribution in [2.75, 3.05) is 5.73 Å². The van der Waals surface area contributed by atoms with Crippen LogP contribution in [-0.4, -0.2) is 138 Å². The number of esters is 1. The van der Waals surface area contributed by atoms with Crippen LogP contribution in [0.1, 0.15) is 128 Å². The Bertz CT molecular complexity index is 2240. The zero-order valence-corrected chi connectivity index (χ0v) is 44.9. The second-order valence-corrected chi connectivity index (χ2v) is 21.1. The molecule has 2 fully saturated rings. The maximum Gasteiger partial charge on any atom is 0.313 e. The van der Waals surface area contributed by atoms with Gasteiger partial charge in [0.1, 0.15) is 30.0 Å². The number of nitrogens with two attached hydrogens (primary N) is 2. The van der Waals surface area contributed by atoms with Gasteiger partial charge in [-0.3, -0.25) is 24.0 Å². The highest BCUT2D eigenvalue weighted by Gasteiger charge is 2.49. The number of aliphatic hydroxyl groups excluding tert-OH is 5. The largest absolute Gasteiger partial charge is 0.481 e. The Labute approximate surface area is 452 Å². The van der Waals surface area contributed by atoms with Gasteiger partial charge in [-0.15, -0.1) is 0 Å². The van der Waals surface area contributed by atoms with Crippen LogP contribution < -0.4 is 11.5 Å². The van der Waals surface area contributed by atoms with Gasteiger partial charge in [-0.25, -0.2) is 0 Å². The number of hydrogen-bond acceptors (Lipinski definition) is 17. The minimum atomic E-state index is -1.95. The van der Waals surface area contributed by atoms with Gasteiger partial charge in [-0.1, -0.05) is 106 Å². The molecule has 1 aromatic carbocycles. The first-order valence-electron chi connectivity index (χ1n) is 26.9. The number of anilines is 1. The van der Waals surface area contributed by atoms with Gasteiger partial charge < -0.3 is 66.2 Å². The number of ketones is 3. The summed E-state index contributed by atoms with van der Waals surface area (Å²) in [7, 11) is 0. The third kappa shape index (κ3) is 22.9. The van der Waals surface area contributed by atoms with E-state index in [1.54, 1.807) is 79.8 Å². The number of aliphatic carboxylic acids is 1. The molecule has 0 radical (unpaired) electrons. The molecule has 3 heterocycles. The number of carboxylic acids is 1. The number of allylic oxidation sites excluding steroid dienone is 12. The molecule has 12 unspecified atom stereocenters. The normalized spacial score (nSPS) is 35.6. The van der Waals surface area contributed by atoms with Crippen LogP contribution in [0.5, 0.6) is 0 Å². The van der Waals surface area contributed by atoms with E-state index < -0.39 is 116 Å². The zero-order valence-electron chi connectivity index (χ0n) is 44.9. The number of hydrogen-bond donors (Lipinski definition) is 9. The van der Waals surface area contributed by atoms with Crippen molar-refractivity contribution >= 4 is 35.0 Å². The van der Waals surface area contributed by atoms with E-state index in [0.29, 0.717) is 17.7 Å². The number of benzene rings is 1. The van der Waals surface area contributed by atoms with Gasteiger partial charge in [0.15, 0.2) is 17.9 Å². The molecule has 426 valence electrons. The molecular weight excluding hydrogens is 993 g/mol. The molecule has 2 saturated heterocycles. The fourth-order valence-corrected chi connectivity index (χ4v) is 9.96. The summed E-state index contributed by atoms with van der Waals surface area (Å²) >= 11 is 0. The molecule has 3 aliphatic rings. The molecule has 0 aromatic heterocycles. The molecule has 18 heteroatoms. The highest BCUT2D eigenvalue weighted by Crippen LogP contribution is 2.38. The van der Waals surface area contributed by atoms with E-state index >= 15 is 0 Å². The summed E-state index contributed by atoms with van der Waals surface area (Å²) in [6, 6.07) is 5.81. The molecule has 18 nitrogen and oxygen atoms in total. The Morgan fingerprint density at radius 3 is 2.00 bits per heavy atom. The van der Waals surface area contributed by atoms with Gasteiger partial charge >= 0.3 is 11.9 Å². The second kappa shape index (κ2) is 32.6. The monoisotopic (exact) mass is 1080 g/mol. The highest BCUT2D eigenvalue weighted by atomic mass is 16.7. The first-order chi connectivity index (χ1) is 36.5. The number of ether oxygens (including phenoxy) is 4. The lowest BCUT2D eigenvalue weighted by Crippen LogP contribution is -2.55. The topological polar surface area (TPSA) is 316 Å². The number of nitrogen functional groups attached to an aromatic ring is 1. The molecular formula is C59H84N2O16. The van der Waals surface area contributed by atoms with E-state index in [2.05, 4.69) is 0 Å². The minimum Gasteiger partial charge on any atom is -0.481 e. The molecule has 16 atom stereocenters. The van der Waals surface area contributed by atoms with Gasteiger partial charge in [0.2, 0.25) is 0 Å². The maximum absolute atomic E-state index is 13.3. The Morgan fingerprint density at radius 1 is 0.805 bits per heavy atom. The van der Waals surface area contributed by atoms with Crippen molar-refractivity contribution in [3.05, 3.63) is 115 Å². The smallest absolute Gasteiger partial charge is 0.313 e. The first kappa shape index (κ1) is 64.3. The third-order valence-electron chi connectivity index (χ3n) is 14.2. The van der Waals surface area contributed by atoms with E-state index in [4.69, 9.17) is 30.4 Å². The van der Waals surface area contributed by atoms with Crippen LogP contribution in [0.3, 0.4) is 0 Å². The third-order valence-corrected chi connectivity index (χ3v) is 14.2. The molecule has 4 rings (SSSR count). The summed E-state index contributed by atoms with van der Waals surface area (Å²) in [5, 5.41) is 75.8. The van der Waals surface area contributed by atoms with Crippen molar-refractivity contribution in [1.82, 2.24) is 0 Å². The summed E-state index contributed by atoms with van der Waals surface area (Å²) in [5.41, 5.74) is 12.9. The number of cyclic esters (lactones) is 1. The number of carbonyl (C=O) groups excluding carboxylic acids is 4. The summed E-state index contributed by atoms with van der Waals surface area (Å²) in [4.78, 5) is 64.6. The molecule has 0 spiro atoms. The lowest BCUT2D eigenvalue weighted by molar-refractivity contribution is -0.298. The van der Waals surface area contributed by atoms with Gasteiger partial charge in [-0.2, -0.15) is 0 Å². The Balaban J connectivity index is 1.50. The van der Waals surface area contributed by atoms with E-state index in [-0.39, 0.29) is 93.5 Å². The fourth-order valence-electron chi connectivity index (χ4n) is 9.96. The molecule has 0 saturated carbocycles. The number of rotatable bonds is 10. The van der Waals surface area contributed by atoms with E-state index in [0.717, 1.165) is 0 Å². The van der Waals surface area contributed by atoms with E-state index in [9.17, 15) is 59.7 Å². The molecule has 3 aliphatic heterocycles. The van der Waals surface area contributed by atoms with Gasteiger partial charge in [-0.05, 0) is 75.1 Å². The SMILES string of the molecule is CC1/C=C/C=C/C=C/C=C/C=C/C=C/C=C/C(O[C@H]2C[C@@H](N)[C@H](O)[C@@H](C)O2)CC2OC(O)(CCCC(O)CCCC(=O)CC(O)CC(=O)CC(=O)OC1C(C)CC(C)C(O)CC(=O)c1ccc(N)cc1)CC(O)C2C(=O)O. The van der Waals surface area contributed by atoms with Gasteiger partial charge in [0.25, 0.3) is 0 Å². The summed E-state index contributed by atoms with van der Waals surface area (Å²) in [5.74, 6) is -7.78. The van der Waals surface area contributed by atoms with Gasteiger partial charge in [0, 0.05) is 74.6 Å². The second-order valence-electron chi connectivity index (χ2n) is 21.1. The predicted molar refractivity (Wildman–Crippen MR) is 289 cm³/mol. The first-order valence-corrected chi connectivity index (χ1v) is 26.9. The van der Waals surface area contributed by atoms with Crippen LogP contribution in [0.15, 0.2) is 109 Å².